The van der Waals surface area contributed by atoms with Gasteiger partial charge >= 0.3 is 0 Å². The minimum absolute atomic E-state index is 0.832. The SMILES string of the molecule is c1ccc(-c2ccc(N(c3cc4c(cc3-c3ccccc3)oc3c5ccccc5c(-c5cccc(-c6ccccc6)c5)cc43)c3cccc4c3oc3ccccc34)cc2)cc1. The summed E-state index contributed by atoms with van der Waals surface area (Å²) in [4.78, 5) is 2.37. The van der Waals surface area contributed by atoms with Gasteiger partial charge in [-0.2, -0.15) is 0 Å². The van der Waals surface area contributed by atoms with Crippen LogP contribution < -0.4 is 4.90 Å². The number of fused-ring (bicyclic) bond motifs is 8. The molecule has 0 N–H and O–H groups in total. The Morgan fingerprint density at radius 2 is 0.803 bits per heavy atom. The van der Waals surface area contributed by atoms with E-state index < -0.39 is 0 Å². The zero-order valence-electron chi connectivity index (χ0n) is 33.1. The molecule has 0 amide bonds. The van der Waals surface area contributed by atoms with Gasteiger partial charge in [-0.1, -0.05) is 176 Å². The van der Waals surface area contributed by atoms with Crippen molar-refractivity contribution >= 4 is 71.7 Å². The Morgan fingerprint density at radius 3 is 1.56 bits per heavy atom. The maximum absolute atomic E-state index is 7.00. The molecule has 2 heterocycles. The zero-order valence-corrected chi connectivity index (χ0v) is 33.1. The van der Waals surface area contributed by atoms with Gasteiger partial charge in [0.05, 0.1) is 11.4 Å². The van der Waals surface area contributed by atoms with E-state index in [1.165, 1.54) is 16.7 Å². The Labute approximate surface area is 353 Å². The highest BCUT2D eigenvalue weighted by Crippen LogP contribution is 2.49. The fourth-order valence-electron chi connectivity index (χ4n) is 9.15. The van der Waals surface area contributed by atoms with Crippen molar-refractivity contribution in [3.8, 4) is 44.5 Å². The largest absolute Gasteiger partial charge is 0.455 e. The lowest BCUT2D eigenvalue weighted by atomic mass is 9.93. The standard InChI is InChI=1S/C58H37NO2/c1-4-16-38(17-5-1)40-30-32-44(33-31-40)59(53-28-15-27-48-46-25-12-13-29-55(46)60-58(48)53)54-36-51-52-35-49(43-23-14-22-42(34-43)39-18-6-2-7-19-39)45-24-10-11-26-47(45)57(52)61-56(51)37-50(54)41-20-8-3-9-21-41/h1-37H. The van der Waals surface area contributed by atoms with Gasteiger partial charge < -0.3 is 13.7 Å². The molecule has 286 valence electrons. The van der Waals surface area contributed by atoms with Gasteiger partial charge in [-0.3, -0.25) is 0 Å². The highest BCUT2D eigenvalue weighted by molar-refractivity contribution is 6.21. The highest BCUT2D eigenvalue weighted by atomic mass is 16.3. The number of benzene rings is 10. The molecule has 0 atom stereocenters. The Bertz CT molecular complexity index is 3570. The number of hydrogen-bond acceptors (Lipinski definition) is 3. The predicted molar refractivity (Wildman–Crippen MR) is 255 cm³/mol. The van der Waals surface area contributed by atoms with Crippen molar-refractivity contribution in [1.29, 1.82) is 0 Å². The van der Waals surface area contributed by atoms with Crippen LogP contribution in [0, 0.1) is 0 Å². The monoisotopic (exact) mass is 779 g/mol. The summed E-state index contributed by atoms with van der Waals surface area (Å²) in [6, 6.07) is 79.8. The summed E-state index contributed by atoms with van der Waals surface area (Å²) in [5.41, 5.74) is 15.6. The van der Waals surface area contributed by atoms with Crippen molar-refractivity contribution in [2.45, 2.75) is 0 Å². The van der Waals surface area contributed by atoms with Crippen LogP contribution in [-0.2, 0) is 0 Å². The summed E-state index contributed by atoms with van der Waals surface area (Å²) in [5.74, 6) is 0. The first-order valence-corrected chi connectivity index (χ1v) is 20.7. The summed E-state index contributed by atoms with van der Waals surface area (Å²) in [6.07, 6.45) is 0. The molecule has 0 fully saturated rings. The molecule has 0 spiro atoms. The number of anilines is 3. The van der Waals surface area contributed by atoms with E-state index in [-0.39, 0.29) is 0 Å². The third-order valence-corrected chi connectivity index (χ3v) is 12.1. The second-order valence-corrected chi connectivity index (χ2v) is 15.6. The van der Waals surface area contributed by atoms with E-state index in [0.29, 0.717) is 0 Å². The Balaban J connectivity index is 1.15. The average molecular weight is 780 g/mol. The van der Waals surface area contributed by atoms with E-state index in [9.17, 15) is 0 Å². The lowest BCUT2D eigenvalue weighted by Gasteiger charge is -2.28. The van der Waals surface area contributed by atoms with Gasteiger partial charge in [0.1, 0.15) is 16.7 Å². The molecule has 2 aromatic heterocycles. The number of furan rings is 2. The van der Waals surface area contributed by atoms with Gasteiger partial charge in [-0.15, -0.1) is 0 Å². The van der Waals surface area contributed by atoms with Crippen LogP contribution in [0.15, 0.2) is 233 Å². The maximum Gasteiger partial charge on any atom is 0.159 e. The molecule has 3 nitrogen and oxygen atoms in total. The van der Waals surface area contributed by atoms with E-state index >= 15 is 0 Å². The third kappa shape index (κ3) is 5.90. The van der Waals surface area contributed by atoms with Crippen LogP contribution in [0.2, 0.25) is 0 Å². The third-order valence-electron chi connectivity index (χ3n) is 12.1. The zero-order chi connectivity index (χ0) is 40.3. The fourth-order valence-corrected chi connectivity index (χ4v) is 9.15. The highest BCUT2D eigenvalue weighted by Gasteiger charge is 2.25. The number of hydrogen-bond donors (Lipinski definition) is 0. The Hall–Kier alpha value is -8.14. The van der Waals surface area contributed by atoms with E-state index in [1.54, 1.807) is 0 Å². The average Bonchev–Trinajstić information content (AvgIpc) is 3.91. The predicted octanol–water partition coefficient (Wildman–Crippen LogP) is 16.8. The maximum atomic E-state index is 7.00. The first-order chi connectivity index (χ1) is 30.2. The van der Waals surface area contributed by atoms with Crippen LogP contribution in [0.25, 0.3) is 99.2 Å². The van der Waals surface area contributed by atoms with E-state index in [0.717, 1.165) is 99.5 Å². The van der Waals surface area contributed by atoms with Crippen LogP contribution in [0.4, 0.5) is 17.1 Å². The van der Waals surface area contributed by atoms with Crippen LogP contribution in [0.3, 0.4) is 0 Å². The van der Waals surface area contributed by atoms with E-state index in [4.69, 9.17) is 8.83 Å². The first kappa shape index (κ1) is 34.9. The minimum Gasteiger partial charge on any atom is -0.455 e. The molecule has 12 aromatic rings. The second kappa shape index (κ2) is 14.3. The molecule has 10 aromatic carbocycles. The smallest absolute Gasteiger partial charge is 0.159 e. The quantitative estimate of drug-likeness (QED) is 0.161. The molecule has 12 rings (SSSR count). The normalized spacial score (nSPS) is 11.6. The molecule has 0 saturated heterocycles. The fraction of sp³-hybridized carbons (Fsp3) is 0. The van der Waals surface area contributed by atoms with Crippen molar-refractivity contribution < 1.29 is 8.83 Å². The first-order valence-electron chi connectivity index (χ1n) is 20.7. The molecule has 0 aliphatic rings. The summed E-state index contributed by atoms with van der Waals surface area (Å²) >= 11 is 0. The van der Waals surface area contributed by atoms with Crippen molar-refractivity contribution in [1.82, 2.24) is 0 Å². The van der Waals surface area contributed by atoms with Crippen LogP contribution in [0.1, 0.15) is 0 Å². The summed E-state index contributed by atoms with van der Waals surface area (Å²) in [7, 11) is 0. The van der Waals surface area contributed by atoms with Crippen molar-refractivity contribution in [3.63, 3.8) is 0 Å². The van der Waals surface area contributed by atoms with Crippen molar-refractivity contribution in [3.05, 3.63) is 224 Å². The van der Waals surface area contributed by atoms with E-state index in [1.807, 2.05) is 6.07 Å². The van der Waals surface area contributed by atoms with Gasteiger partial charge in [0.25, 0.3) is 0 Å². The number of para-hydroxylation sites is 2. The molecular formula is C58H37NO2. The molecule has 0 unspecified atom stereocenters. The molecule has 0 aliphatic heterocycles. The Morgan fingerprint density at radius 1 is 0.262 bits per heavy atom. The van der Waals surface area contributed by atoms with Crippen LogP contribution >= 0.6 is 0 Å². The lowest BCUT2D eigenvalue weighted by Crippen LogP contribution is -2.11. The topological polar surface area (TPSA) is 29.5 Å². The van der Waals surface area contributed by atoms with Crippen molar-refractivity contribution in [2.75, 3.05) is 4.90 Å². The molecule has 0 saturated carbocycles. The van der Waals surface area contributed by atoms with Gasteiger partial charge in [0.15, 0.2) is 5.58 Å². The summed E-state index contributed by atoms with van der Waals surface area (Å²) < 4.78 is 13.8. The summed E-state index contributed by atoms with van der Waals surface area (Å²) in [6.45, 7) is 0. The van der Waals surface area contributed by atoms with Gasteiger partial charge in [0.2, 0.25) is 0 Å². The molecule has 3 heteroatoms. The molecular weight excluding hydrogens is 743 g/mol. The lowest BCUT2D eigenvalue weighted by molar-refractivity contribution is 0.669. The molecule has 0 aliphatic carbocycles. The molecule has 0 bridgehead atoms. The second-order valence-electron chi connectivity index (χ2n) is 15.6. The minimum atomic E-state index is 0.832. The van der Waals surface area contributed by atoms with Crippen LogP contribution in [0.5, 0.6) is 0 Å². The van der Waals surface area contributed by atoms with Gasteiger partial charge in [-0.25, -0.2) is 0 Å². The number of nitrogens with zero attached hydrogens (tertiary/aromatic N) is 1. The summed E-state index contributed by atoms with van der Waals surface area (Å²) in [5, 5.41) is 6.51. The Kier molecular flexibility index (Phi) is 8.17. The van der Waals surface area contributed by atoms with E-state index in [2.05, 4.69) is 223 Å². The van der Waals surface area contributed by atoms with Crippen molar-refractivity contribution in [2.24, 2.45) is 0 Å². The van der Waals surface area contributed by atoms with Gasteiger partial charge in [0, 0.05) is 38.2 Å². The van der Waals surface area contributed by atoms with Crippen LogP contribution in [-0.4, -0.2) is 0 Å². The molecule has 0 radical (unpaired) electrons. The number of rotatable bonds is 7. The molecule has 61 heavy (non-hydrogen) atoms. The van der Waals surface area contributed by atoms with Gasteiger partial charge in [-0.05, 0) is 92.9 Å².